The lowest BCUT2D eigenvalue weighted by Gasteiger charge is -2.14. The van der Waals surface area contributed by atoms with E-state index in [0.29, 0.717) is 6.61 Å². The van der Waals surface area contributed by atoms with Gasteiger partial charge in [0.25, 0.3) is 5.91 Å². The van der Waals surface area contributed by atoms with E-state index >= 15 is 0 Å². The number of carbonyl (C=O) groups is 1. The van der Waals surface area contributed by atoms with E-state index in [1.54, 1.807) is 4.72 Å². The number of aryl methyl sites for hydroxylation is 1. The van der Waals surface area contributed by atoms with Crippen molar-refractivity contribution in [3.05, 3.63) is 64.4 Å². The van der Waals surface area contributed by atoms with E-state index in [2.05, 4.69) is 0 Å². The third-order valence-electron chi connectivity index (χ3n) is 3.93. The van der Waals surface area contributed by atoms with E-state index in [9.17, 15) is 17.6 Å². The number of benzene rings is 2. The van der Waals surface area contributed by atoms with E-state index in [1.165, 1.54) is 19.7 Å². The van der Waals surface area contributed by atoms with Crippen molar-refractivity contribution < 1.29 is 22.3 Å². The quantitative estimate of drug-likeness (QED) is 0.621. The lowest BCUT2D eigenvalue weighted by atomic mass is 10.1. The van der Waals surface area contributed by atoms with Crippen LogP contribution in [0.2, 0.25) is 5.02 Å². The topological polar surface area (TPSA) is 75.7 Å². The first-order valence-electron chi connectivity index (χ1n) is 8.61. The molecule has 2 rings (SSSR count). The highest BCUT2D eigenvalue weighted by molar-refractivity contribution is 7.87. The molecule has 28 heavy (non-hydrogen) atoms. The van der Waals surface area contributed by atoms with Gasteiger partial charge >= 0.3 is 10.2 Å². The molecule has 6 nitrogen and oxygen atoms in total. The van der Waals surface area contributed by atoms with E-state index < -0.39 is 27.5 Å². The number of amides is 1. The number of ether oxygens (including phenoxy) is 1. The lowest BCUT2D eigenvalue weighted by Crippen LogP contribution is -2.39. The van der Waals surface area contributed by atoms with Gasteiger partial charge in [0.15, 0.2) is 0 Å². The Hall–Kier alpha value is -2.16. The maximum atomic E-state index is 14.2. The van der Waals surface area contributed by atoms with Crippen molar-refractivity contribution >= 4 is 27.7 Å². The second kappa shape index (κ2) is 9.86. The highest BCUT2D eigenvalue weighted by Crippen LogP contribution is 2.28. The van der Waals surface area contributed by atoms with Gasteiger partial charge in [-0.1, -0.05) is 41.9 Å². The zero-order valence-electron chi connectivity index (χ0n) is 15.6. The number of halogens is 2. The van der Waals surface area contributed by atoms with Gasteiger partial charge in [-0.05, 0) is 30.9 Å². The smallest absolute Gasteiger partial charge is 0.303 e. The van der Waals surface area contributed by atoms with Crippen molar-refractivity contribution in [2.45, 2.75) is 19.3 Å². The number of hydrogen-bond donors (Lipinski definition) is 1. The van der Waals surface area contributed by atoms with Gasteiger partial charge in [0.1, 0.15) is 11.6 Å². The summed E-state index contributed by atoms with van der Waals surface area (Å²) in [6.07, 6.45) is 2.55. The SMILES string of the molecule is CN(C)S(=O)(=O)NC(=O)c1cc(Cl)c(OCCCCc2ccccc2)cc1F. The van der Waals surface area contributed by atoms with Gasteiger partial charge in [-0.15, -0.1) is 0 Å². The van der Waals surface area contributed by atoms with Crippen LogP contribution < -0.4 is 9.46 Å². The first-order valence-corrected chi connectivity index (χ1v) is 10.4. The molecule has 0 radical (unpaired) electrons. The normalized spacial score (nSPS) is 11.5. The number of nitrogens with zero attached hydrogens (tertiary/aromatic N) is 1. The molecule has 0 aromatic heterocycles. The zero-order chi connectivity index (χ0) is 20.7. The first-order chi connectivity index (χ1) is 13.2. The van der Waals surface area contributed by atoms with Crippen LogP contribution in [0.3, 0.4) is 0 Å². The van der Waals surface area contributed by atoms with Gasteiger partial charge in [0.2, 0.25) is 0 Å². The van der Waals surface area contributed by atoms with E-state index in [4.69, 9.17) is 16.3 Å². The summed E-state index contributed by atoms with van der Waals surface area (Å²) in [6.45, 7) is 0.340. The molecule has 0 atom stereocenters. The largest absolute Gasteiger partial charge is 0.492 e. The number of carbonyl (C=O) groups excluding carboxylic acids is 1. The van der Waals surface area contributed by atoms with Crippen molar-refractivity contribution in [3.63, 3.8) is 0 Å². The van der Waals surface area contributed by atoms with Crippen molar-refractivity contribution in [3.8, 4) is 5.75 Å². The fourth-order valence-corrected chi connectivity index (χ4v) is 3.08. The Labute approximate surface area is 169 Å². The fraction of sp³-hybridized carbons (Fsp3) is 0.316. The van der Waals surface area contributed by atoms with Crippen LogP contribution in [0.15, 0.2) is 42.5 Å². The van der Waals surface area contributed by atoms with Crippen LogP contribution in [0.1, 0.15) is 28.8 Å². The molecule has 9 heteroatoms. The molecule has 0 aliphatic rings. The zero-order valence-corrected chi connectivity index (χ0v) is 17.2. The maximum Gasteiger partial charge on any atom is 0.303 e. The summed E-state index contributed by atoms with van der Waals surface area (Å²) in [5.74, 6) is -1.93. The second-order valence-electron chi connectivity index (χ2n) is 6.27. The van der Waals surface area contributed by atoms with Gasteiger partial charge in [-0.3, -0.25) is 4.79 Å². The standard InChI is InChI=1S/C19H22ClFN2O4S/c1-23(2)28(25,26)22-19(24)15-12-16(20)18(13-17(15)21)27-11-7-6-10-14-8-4-3-5-9-14/h3-5,8-9,12-13H,6-7,10-11H2,1-2H3,(H,22,24). The molecule has 0 spiro atoms. The molecule has 0 aliphatic carbocycles. The molecule has 0 saturated heterocycles. The minimum atomic E-state index is -4.04. The predicted octanol–water partition coefficient (Wildman–Crippen LogP) is 3.42. The van der Waals surface area contributed by atoms with Crippen molar-refractivity contribution in [2.24, 2.45) is 0 Å². The molecule has 152 valence electrons. The second-order valence-corrected chi connectivity index (χ2v) is 8.56. The van der Waals surface area contributed by atoms with Crippen LogP contribution in [0.25, 0.3) is 0 Å². The maximum absolute atomic E-state index is 14.2. The Morgan fingerprint density at radius 2 is 1.86 bits per heavy atom. The number of unbranched alkanes of at least 4 members (excludes halogenated alkanes) is 1. The molecule has 0 saturated carbocycles. The van der Waals surface area contributed by atoms with Crippen molar-refractivity contribution in [2.75, 3.05) is 20.7 Å². The minimum absolute atomic E-state index is 0.0249. The molecule has 2 aromatic carbocycles. The fourth-order valence-electron chi connectivity index (χ4n) is 2.33. The lowest BCUT2D eigenvalue weighted by molar-refractivity contribution is 0.0975. The van der Waals surface area contributed by atoms with Gasteiger partial charge < -0.3 is 4.74 Å². The van der Waals surface area contributed by atoms with Crippen molar-refractivity contribution in [1.29, 1.82) is 0 Å². The van der Waals surface area contributed by atoms with Gasteiger partial charge in [0.05, 0.1) is 17.2 Å². The molecule has 2 aromatic rings. The molecule has 0 heterocycles. The molecule has 0 fully saturated rings. The average Bonchev–Trinajstić information content (AvgIpc) is 2.64. The predicted molar refractivity (Wildman–Crippen MR) is 106 cm³/mol. The van der Waals surface area contributed by atoms with Gasteiger partial charge in [0, 0.05) is 20.2 Å². The molecule has 0 bridgehead atoms. The average molecular weight is 429 g/mol. The monoisotopic (exact) mass is 428 g/mol. The Morgan fingerprint density at radius 1 is 1.18 bits per heavy atom. The highest BCUT2D eigenvalue weighted by Gasteiger charge is 2.22. The molecule has 1 N–H and O–H groups in total. The summed E-state index contributed by atoms with van der Waals surface area (Å²) >= 11 is 6.06. The van der Waals surface area contributed by atoms with Gasteiger partial charge in [-0.25, -0.2) is 9.11 Å². The molecular weight excluding hydrogens is 407 g/mol. The Balaban J connectivity index is 1.93. The van der Waals surface area contributed by atoms with Crippen molar-refractivity contribution in [1.82, 2.24) is 9.03 Å². The van der Waals surface area contributed by atoms with E-state index in [1.807, 2.05) is 30.3 Å². The summed E-state index contributed by atoms with van der Waals surface area (Å²) in [5.41, 5.74) is 0.751. The van der Waals surface area contributed by atoms with Crippen LogP contribution in [0.4, 0.5) is 4.39 Å². The Bertz CT molecular complexity index is 921. The summed E-state index contributed by atoms with van der Waals surface area (Å²) in [7, 11) is -1.55. The van der Waals surface area contributed by atoms with E-state index in [0.717, 1.165) is 35.7 Å². The van der Waals surface area contributed by atoms with E-state index in [-0.39, 0.29) is 10.8 Å². The Kier molecular flexibility index (Phi) is 7.79. The van der Waals surface area contributed by atoms with Crippen LogP contribution in [-0.4, -0.2) is 39.3 Å². The summed E-state index contributed by atoms with van der Waals surface area (Å²) in [4.78, 5) is 12.0. The highest BCUT2D eigenvalue weighted by atomic mass is 35.5. The van der Waals surface area contributed by atoms with Crippen LogP contribution in [0, 0.1) is 5.82 Å². The first kappa shape index (κ1) is 22.1. The molecule has 0 aliphatic heterocycles. The summed E-state index contributed by atoms with van der Waals surface area (Å²) < 4.78 is 45.7. The third kappa shape index (κ3) is 6.19. The number of rotatable bonds is 9. The van der Waals surface area contributed by atoms with Crippen LogP contribution in [0.5, 0.6) is 5.75 Å². The van der Waals surface area contributed by atoms with Gasteiger partial charge in [-0.2, -0.15) is 12.7 Å². The summed E-state index contributed by atoms with van der Waals surface area (Å²) in [5, 5.41) is 0.0249. The third-order valence-corrected chi connectivity index (χ3v) is 5.63. The van der Waals surface area contributed by atoms with Crippen LogP contribution >= 0.6 is 11.6 Å². The molecule has 0 unspecified atom stereocenters. The Morgan fingerprint density at radius 3 is 2.50 bits per heavy atom. The number of nitrogens with one attached hydrogen (secondary N) is 1. The summed E-state index contributed by atoms with van der Waals surface area (Å²) in [6, 6.07) is 12.1. The number of hydrogen-bond acceptors (Lipinski definition) is 4. The molecular formula is C19H22ClFN2O4S. The van der Waals surface area contributed by atoms with Crippen LogP contribution in [-0.2, 0) is 16.6 Å². The molecule has 1 amide bonds. The minimum Gasteiger partial charge on any atom is -0.492 e.